The molecule has 1 atom stereocenters. The van der Waals surface area contributed by atoms with Crippen LogP contribution in [0.4, 0.5) is 11.4 Å². The third-order valence-corrected chi connectivity index (χ3v) is 2.97. The standard InChI is InChI=1S/C14H16N2O3/c1-3-11(14-5-4-8-19-14)15-12-9-10(2)6-7-13(12)16(17)18/h4-9,11,15H,3H2,1-2H3. The lowest BCUT2D eigenvalue weighted by Crippen LogP contribution is -2.10. The number of aryl methyl sites for hydroxylation is 1. The van der Waals surface area contributed by atoms with E-state index < -0.39 is 0 Å². The Labute approximate surface area is 111 Å². The van der Waals surface area contributed by atoms with Gasteiger partial charge in [-0.1, -0.05) is 13.0 Å². The van der Waals surface area contributed by atoms with Crippen molar-refractivity contribution < 1.29 is 9.34 Å². The topological polar surface area (TPSA) is 68.3 Å². The van der Waals surface area contributed by atoms with E-state index in [0.29, 0.717) is 5.69 Å². The minimum atomic E-state index is -0.378. The van der Waals surface area contributed by atoms with Crippen molar-refractivity contribution in [3.8, 4) is 0 Å². The monoisotopic (exact) mass is 260 g/mol. The molecule has 0 aliphatic carbocycles. The molecule has 0 radical (unpaired) electrons. The van der Waals surface area contributed by atoms with Gasteiger partial charge in [-0.05, 0) is 37.1 Å². The third kappa shape index (κ3) is 2.93. The summed E-state index contributed by atoms with van der Waals surface area (Å²) in [5.41, 5.74) is 1.58. The molecular formula is C14H16N2O3. The van der Waals surface area contributed by atoms with Crippen LogP contribution in [0.25, 0.3) is 0 Å². The van der Waals surface area contributed by atoms with Crippen molar-refractivity contribution in [1.29, 1.82) is 0 Å². The summed E-state index contributed by atoms with van der Waals surface area (Å²) in [4.78, 5) is 10.7. The van der Waals surface area contributed by atoms with Gasteiger partial charge in [0, 0.05) is 6.07 Å². The third-order valence-electron chi connectivity index (χ3n) is 2.97. The largest absolute Gasteiger partial charge is 0.467 e. The van der Waals surface area contributed by atoms with E-state index in [1.54, 1.807) is 18.4 Å². The van der Waals surface area contributed by atoms with Gasteiger partial charge in [-0.2, -0.15) is 0 Å². The lowest BCUT2D eigenvalue weighted by Gasteiger charge is -2.16. The second kappa shape index (κ2) is 5.56. The molecular weight excluding hydrogens is 244 g/mol. The van der Waals surface area contributed by atoms with E-state index in [9.17, 15) is 10.1 Å². The number of benzene rings is 1. The van der Waals surface area contributed by atoms with Gasteiger partial charge in [0.1, 0.15) is 11.4 Å². The van der Waals surface area contributed by atoms with E-state index in [1.807, 2.05) is 26.0 Å². The molecule has 0 saturated heterocycles. The Kier molecular flexibility index (Phi) is 3.85. The zero-order valence-electron chi connectivity index (χ0n) is 10.9. The molecule has 100 valence electrons. The fourth-order valence-corrected chi connectivity index (χ4v) is 1.98. The maximum atomic E-state index is 11.0. The van der Waals surface area contributed by atoms with E-state index in [0.717, 1.165) is 17.7 Å². The van der Waals surface area contributed by atoms with Crippen molar-refractivity contribution in [2.24, 2.45) is 0 Å². The van der Waals surface area contributed by atoms with Crippen LogP contribution < -0.4 is 5.32 Å². The zero-order valence-corrected chi connectivity index (χ0v) is 10.9. The first-order chi connectivity index (χ1) is 9.11. The number of nitrogens with zero attached hydrogens (tertiary/aromatic N) is 1. The van der Waals surface area contributed by atoms with Crippen LogP contribution in [0.3, 0.4) is 0 Å². The number of nitro benzene ring substituents is 1. The summed E-state index contributed by atoms with van der Waals surface area (Å²) in [6.07, 6.45) is 2.38. The van der Waals surface area contributed by atoms with Crippen LogP contribution in [-0.4, -0.2) is 4.92 Å². The molecule has 0 amide bonds. The Morgan fingerprint density at radius 2 is 2.21 bits per heavy atom. The van der Waals surface area contributed by atoms with Gasteiger partial charge in [0.05, 0.1) is 17.2 Å². The minimum absolute atomic E-state index is 0.0736. The van der Waals surface area contributed by atoms with Gasteiger partial charge in [-0.3, -0.25) is 10.1 Å². The fourth-order valence-electron chi connectivity index (χ4n) is 1.98. The SMILES string of the molecule is CCC(Nc1cc(C)ccc1[N+](=O)[O-])c1ccco1. The zero-order chi connectivity index (χ0) is 13.8. The minimum Gasteiger partial charge on any atom is -0.467 e. The summed E-state index contributed by atoms with van der Waals surface area (Å²) in [6, 6.07) is 8.64. The molecule has 0 saturated carbocycles. The quantitative estimate of drug-likeness (QED) is 0.650. The Morgan fingerprint density at radius 3 is 2.79 bits per heavy atom. The van der Waals surface area contributed by atoms with Gasteiger partial charge < -0.3 is 9.73 Å². The number of rotatable bonds is 5. The first kappa shape index (κ1) is 13.1. The van der Waals surface area contributed by atoms with Crippen molar-refractivity contribution in [1.82, 2.24) is 0 Å². The van der Waals surface area contributed by atoms with Crippen molar-refractivity contribution >= 4 is 11.4 Å². The summed E-state index contributed by atoms with van der Waals surface area (Å²) < 4.78 is 5.36. The van der Waals surface area contributed by atoms with E-state index in [4.69, 9.17) is 4.42 Å². The van der Waals surface area contributed by atoms with Gasteiger partial charge in [0.15, 0.2) is 0 Å². The van der Waals surface area contributed by atoms with Crippen LogP contribution in [0.15, 0.2) is 41.0 Å². The van der Waals surface area contributed by atoms with E-state index >= 15 is 0 Å². The number of furan rings is 1. The first-order valence-corrected chi connectivity index (χ1v) is 6.16. The van der Waals surface area contributed by atoms with E-state index in [1.165, 1.54) is 6.07 Å². The highest BCUT2D eigenvalue weighted by Gasteiger charge is 2.18. The molecule has 1 N–H and O–H groups in total. The molecule has 0 spiro atoms. The first-order valence-electron chi connectivity index (χ1n) is 6.16. The summed E-state index contributed by atoms with van der Waals surface area (Å²) in [7, 11) is 0. The number of hydrogen-bond donors (Lipinski definition) is 1. The molecule has 5 nitrogen and oxygen atoms in total. The van der Waals surface area contributed by atoms with Gasteiger partial charge in [-0.15, -0.1) is 0 Å². The maximum Gasteiger partial charge on any atom is 0.292 e. The highest BCUT2D eigenvalue weighted by molar-refractivity contribution is 5.63. The molecule has 5 heteroatoms. The van der Waals surface area contributed by atoms with Crippen LogP contribution in [0, 0.1) is 17.0 Å². The average Bonchev–Trinajstić information content (AvgIpc) is 2.89. The number of nitrogens with one attached hydrogen (secondary N) is 1. The van der Waals surface area contributed by atoms with Crippen molar-refractivity contribution in [3.63, 3.8) is 0 Å². The van der Waals surface area contributed by atoms with Crippen LogP contribution in [0.2, 0.25) is 0 Å². The molecule has 2 rings (SSSR count). The molecule has 1 heterocycles. The maximum absolute atomic E-state index is 11.0. The molecule has 0 bridgehead atoms. The fraction of sp³-hybridized carbons (Fsp3) is 0.286. The lowest BCUT2D eigenvalue weighted by molar-refractivity contribution is -0.384. The van der Waals surface area contributed by atoms with Crippen molar-refractivity contribution in [3.05, 3.63) is 58.0 Å². The Morgan fingerprint density at radius 1 is 1.42 bits per heavy atom. The average molecular weight is 260 g/mol. The Hall–Kier alpha value is -2.30. The number of hydrogen-bond acceptors (Lipinski definition) is 4. The van der Waals surface area contributed by atoms with Crippen LogP contribution in [-0.2, 0) is 0 Å². The Bertz CT molecular complexity index is 564. The summed E-state index contributed by atoms with van der Waals surface area (Å²) in [5, 5.41) is 14.2. The number of nitro groups is 1. The van der Waals surface area contributed by atoms with Crippen molar-refractivity contribution in [2.45, 2.75) is 26.3 Å². The molecule has 0 aliphatic rings. The Balaban J connectivity index is 2.31. The van der Waals surface area contributed by atoms with Gasteiger partial charge in [0.25, 0.3) is 5.69 Å². The van der Waals surface area contributed by atoms with Gasteiger partial charge >= 0.3 is 0 Å². The molecule has 0 fully saturated rings. The smallest absolute Gasteiger partial charge is 0.292 e. The molecule has 2 aromatic rings. The predicted octanol–water partition coefficient (Wildman–Crippen LogP) is 4.06. The van der Waals surface area contributed by atoms with Gasteiger partial charge in [-0.25, -0.2) is 0 Å². The predicted molar refractivity (Wildman–Crippen MR) is 73.2 cm³/mol. The molecule has 0 aliphatic heterocycles. The van der Waals surface area contributed by atoms with Gasteiger partial charge in [0.2, 0.25) is 0 Å². The summed E-state index contributed by atoms with van der Waals surface area (Å²) >= 11 is 0. The number of anilines is 1. The second-order valence-corrected chi connectivity index (χ2v) is 4.40. The van der Waals surface area contributed by atoms with Crippen molar-refractivity contribution in [2.75, 3.05) is 5.32 Å². The molecule has 1 aromatic carbocycles. The normalized spacial score (nSPS) is 12.1. The second-order valence-electron chi connectivity index (χ2n) is 4.40. The van der Waals surface area contributed by atoms with E-state index in [2.05, 4.69) is 5.32 Å². The molecule has 1 unspecified atom stereocenters. The highest BCUT2D eigenvalue weighted by atomic mass is 16.6. The van der Waals surface area contributed by atoms with Crippen LogP contribution in [0.5, 0.6) is 0 Å². The van der Waals surface area contributed by atoms with E-state index in [-0.39, 0.29) is 16.7 Å². The van der Waals surface area contributed by atoms with Crippen LogP contribution >= 0.6 is 0 Å². The summed E-state index contributed by atoms with van der Waals surface area (Å²) in [6.45, 7) is 3.91. The summed E-state index contributed by atoms with van der Waals surface area (Å²) in [5.74, 6) is 0.776. The molecule has 19 heavy (non-hydrogen) atoms. The molecule has 1 aromatic heterocycles. The highest BCUT2D eigenvalue weighted by Crippen LogP contribution is 2.30. The lowest BCUT2D eigenvalue weighted by atomic mass is 10.1. The van der Waals surface area contributed by atoms with Crippen LogP contribution in [0.1, 0.15) is 30.7 Å².